The number of rotatable bonds is 0. The molecule has 150 valence electrons. The maximum atomic E-state index is 6.67. The topological polar surface area (TPSA) is 0 Å². The van der Waals surface area contributed by atoms with Crippen LogP contribution >= 0.6 is 23.2 Å². The highest BCUT2D eigenvalue weighted by Crippen LogP contribution is 2.35. The minimum atomic E-state index is 0.707. The van der Waals surface area contributed by atoms with E-state index in [1.165, 1.54) is 0 Å². The van der Waals surface area contributed by atoms with Crippen LogP contribution in [0.3, 0.4) is 0 Å². The lowest BCUT2D eigenvalue weighted by Crippen LogP contribution is -1.88. The van der Waals surface area contributed by atoms with Gasteiger partial charge in [0.25, 0.3) is 0 Å². The average molecular weight is 447 g/mol. The summed E-state index contributed by atoms with van der Waals surface area (Å²) < 4.78 is 0. The molecular weight excluding hydrogens is 431 g/mol. The Morgan fingerprint density at radius 3 is 1.31 bits per heavy atom. The minimum absolute atomic E-state index is 0.707. The summed E-state index contributed by atoms with van der Waals surface area (Å²) >= 11 is 13.3. The monoisotopic (exact) mass is 446 g/mol. The lowest BCUT2D eigenvalue weighted by molar-refractivity contribution is 1.72. The van der Waals surface area contributed by atoms with E-state index >= 15 is 0 Å². The third-order valence-electron chi connectivity index (χ3n) is 5.99. The van der Waals surface area contributed by atoms with Crippen molar-refractivity contribution in [3.63, 3.8) is 0 Å². The van der Waals surface area contributed by atoms with Gasteiger partial charge in [-0.05, 0) is 56.6 Å². The van der Waals surface area contributed by atoms with Crippen LogP contribution in [-0.2, 0) is 0 Å². The van der Waals surface area contributed by atoms with E-state index in [1.54, 1.807) is 0 Å². The molecule has 0 spiro atoms. The van der Waals surface area contributed by atoms with E-state index in [0.29, 0.717) is 10.0 Å². The van der Waals surface area contributed by atoms with Crippen molar-refractivity contribution in [2.75, 3.05) is 0 Å². The van der Waals surface area contributed by atoms with Crippen LogP contribution in [0.15, 0.2) is 97.1 Å². The van der Waals surface area contributed by atoms with Gasteiger partial charge < -0.3 is 0 Å². The lowest BCUT2D eigenvalue weighted by atomic mass is 9.94. The molecule has 0 N–H and O–H groups in total. The first kappa shape index (κ1) is 19.2. The highest BCUT2D eigenvalue weighted by Gasteiger charge is 2.11. The fourth-order valence-corrected chi connectivity index (χ4v) is 5.09. The highest BCUT2D eigenvalue weighted by atomic mass is 35.5. The predicted octanol–water partition coefficient (Wildman–Crippen LogP) is 9.01. The highest BCUT2D eigenvalue weighted by molar-refractivity contribution is 6.37. The number of benzene rings is 6. The fourth-order valence-electron chi connectivity index (χ4n) is 4.54. The predicted molar refractivity (Wildman–Crippen MR) is 139 cm³/mol. The van der Waals surface area contributed by atoms with Gasteiger partial charge in [-0.2, -0.15) is 0 Å². The van der Waals surface area contributed by atoms with Crippen molar-refractivity contribution in [2.24, 2.45) is 0 Å². The van der Waals surface area contributed by atoms with Crippen LogP contribution in [0.1, 0.15) is 11.1 Å². The van der Waals surface area contributed by atoms with Gasteiger partial charge in [0.05, 0.1) is 0 Å². The second kappa shape index (κ2) is 7.57. The molecule has 32 heavy (non-hydrogen) atoms. The molecule has 0 aliphatic rings. The van der Waals surface area contributed by atoms with Gasteiger partial charge in [0.15, 0.2) is 0 Å². The normalized spacial score (nSPS) is 11.2. The van der Waals surface area contributed by atoms with Gasteiger partial charge in [-0.1, -0.05) is 108 Å². The molecule has 0 aliphatic heterocycles. The number of hydrogen-bond donors (Lipinski definition) is 0. The molecular formula is C30H16Cl2. The third-order valence-corrected chi connectivity index (χ3v) is 6.62. The first-order valence-corrected chi connectivity index (χ1v) is 11.2. The lowest BCUT2D eigenvalue weighted by Gasteiger charge is -2.10. The Morgan fingerprint density at radius 2 is 0.844 bits per heavy atom. The van der Waals surface area contributed by atoms with E-state index in [0.717, 1.165) is 54.2 Å². The molecule has 6 rings (SSSR count). The van der Waals surface area contributed by atoms with Crippen molar-refractivity contribution in [3.8, 4) is 11.8 Å². The molecule has 0 aliphatic carbocycles. The summed E-state index contributed by atoms with van der Waals surface area (Å²) in [4.78, 5) is 0. The van der Waals surface area contributed by atoms with Gasteiger partial charge in [-0.25, -0.2) is 0 Å². The Morgan fingerprint density at radius 1 is 0.438 bits per heavy atom. The van der Waals surface area contributed by atoms with Crippen LogP contribution in [0, 0.1) is 11.8 Å². The molecule has 0 aromatic heterocycles. The molecule has 0 fully saturated rings. The van der Waals surface area contributed by atoms with Crippen molar-refractivity contribution < 1.29 is 0 Å². The molecule has 0 amide bonds. The van der Waals surface area contributed by atoms with Crippen LogP contribution < -0.4 is 0 Å². The summed E-state index contributed by atoms with van der Waals surface area (Å²) in [5, 5.41) is 10.0. The van der Waals surface area contributed by atoms with Crippen molar-refractivity contribution in [2.45, 2.75) is 0 Å². The maximum absolute atomic E-state index is 6.67. The summed E-state index contributed by atoms with van der Waals surface area (Å²) in [7, 11) is 0. The minimum Gasteiger partial charge on any atom is -0.0836 e. The zero-order chi connectivity index (χ0) is 21.7. The van der Waals surface area contributed by atoms with E-state index in [4.69, 9.17) is 23.2 Å². The Hall–Kier alpha value is -3.50. The van der Waals surface area contributed by atoms with Crippen molar-refractivity contribution in [1.82, 2.24) is 0 Å². The van der Waals surface area contributed by atoms with E-state index in [-0.39, 0.29) is 0 Å². The van der Waals surface area contributed by atoms with Crippen molar-refractivity contribution in [3.05, 3.63) is 118 Å². The Labute approximate surface area is 196 Å². The van der Waals surface area contributed by atoms with E-state index in [9.17, 15) is 0 Å². The van der Waals surface area contributed by atoms with Crippen LogP contribution in [0.5, 0.6) is 0 Å². The smallest absolute Gasteiger partial charge is 0.0497 e. The van der Waals surface area contributed by atoms with Crippen LogP contribution in [-0.4, -0.2) is 0 Å². The SMILES string of the molecule is Clc1cccc2cc3ccccc3c(C#Cc3c4ccccc4cc4cccc(Cl)c34)c12. The summed E-state index contributed by atoms with van der Waals surface area (Å²) in [6.45, 7) is 0. The number of fused-ring (bicyclic) bond motifs is 4. The summed E-state index contributed by atoms with van der Waals surface area (Å²) in [5.41, 5.74) is 1.88. The van der Waals surface area contributed by atoms with Crippen LogP contribution in [0.4, 0.5) is 0 Å². The molecule has 0 bridgehead atoms. The average Bonchev–Trinajstić information content (AvgIpc) is 2.81. The van der Waals surface area contributed by atoms with E-state index in [2.05, 4.69) is 60.4 Å². The fraction of sp³-hybridized carbons (Fsp3) is 0. The molecule has 0 heterocycles. The summed E-state index contributed by atoms with van der Waals surface area (Å²) in [6.07, 6.45) is 0. The molecule has 0 nitrogen and oxygen atoms in total. The third kappa shape index (κ3) is 3.02. The largest absolute Gasteiger partial charge is 0.0836 e. The second-order valence-electron chi connectivity index (χ2n) is 7.87. The summed E-state index contributed by atoms with van der Waals surface area (Å²) in [6, 6.07) is 33.0. The van der Waals surface area contributed by atoms with Gasteiger partial charge in [0, 0.05) is 31.9 Å². The first-order chi connectivity index (χ1) is 15.7. The molecule has 2 heteroatoms. The second-order valence-corrected chi connectivity index (χ2v) is 8.69. The first-order valence-electron chi connectivity index (χ1n) is 10.4. The zero-order valence-corrected chi connectivity index (χ0v) is 18.5. The van der Waals surface area contributed by atoms with Crippen LogP contribution in [0.25, 0.3) is 43.1 Å². The van der Waals surface area contributed by atoms with Crippen LogP contribution in [0.2, 0.25) is 10.0 Å². The molecule has 0 unspecified atom stereocenters. The Kier molecular flexibility index (Phi) is 4.54. The van der Waals surface area contributed by atoms with Gasteiger partial charge in [-0.3, -0.25) is 0 Å². The van der Waals surface area contributed by atoms with Gasteiger partial charge in [-0.15, -0.1) is 0 Å². The van der Waals surface area contributed by atoms with Crippen molar-refractivity contribution in [1.29, 1.82) is 0 Å². The molecule has 0 saturated heterocycles. The molecule has 0 radical (unpaired) electrons. The van der Waals surface area contributed by atoms with Gasteiger partial charge in [0.1, 0.15) is 0 Å². The zero-order valence-electron chi connectivity index (χ0n) is 17.0. The molecule has 0 atom stereocenters. The van der Waals surface area contributed by atoms with Gasteiger partial charge in [0.2, 0.25) is 0 Å². The maximum Gasteiger partial charge on any atom is 0.0497 e. The van der Waals surface area contributed by atoms with E-state index in [1.807, 2.05) is 48.5 Å². The Bertz CT molecular complexity index is 1620. The summed E-state index contributed by atoms with van der Waals surface area (Å²) in [5.74, 6) is 7.01. The van der Waals surface area contributed by atoms with Gasteiger partial charge >= 0.3 is 0 Å². The molecule has 0 saturated carbocycles. The Balaban J connectivity index is 1.76. The number of halogens is 2. The van der Waals surface area contributed by atoms with E-state index < -0.39 is 0 Å². The standard InChI is InChI=1S/C30H16Cl2/c31-27-13-5-9-21-17-19-7-1-3-11-23(19)25(29(21)27)15-16-26-24-12-4-2-8-20(24)18-22-10-6-14-28(32)30(22)26/h1-14,17-18H. The molecule has 6 aromatic carbocycles. The quantitative estimate of drug-likeness (QED) is 0.161. The van der Waals surface area contributed by atoms with Crippen molar-refractivity contribution >= 4 is 66.3 Å². The number of hydrogen-bond acceptors (Lipinski definition) is 0. The molecule has 6 aromatic rings.